The molecule has 0 atom stereocenters. The fraction of sp³-hybridized carbons (Fsp3) is 0.111. The van der Waals surface area contributed by atoms with Crippen LogP contribution in [0.3, 0.4) is 0 Å². The summed E-state index contributed by atoms with van der Waals surface area (Å²) >= 11 is 11.8. The zero-order valence-corrected chi connectivity index (χ0v) is 14.8. The second-order valence-corrected chi connectivity index (χ2v) is 6.03. The lowest BCUT2D eigenvalue weighted by molar-refractivity contribution is 0.0916. The van der Waals surface area contributed by atoms with Crippen LogP contribution in [0.15, 0.2) is 48.5 Å². The molecule has 1 heterocycles. The molecule has 7 heteroatoms. The Labute approximate surface area is 154 Å². The van der Waals surface area contributed by atoms with Crippen molar-refractivity contribution in [2.45, 2.75) is 0 Å². The number of carbonyl (C=O) groups is 1. The Morgan fingerprint density at radius 2 is 1.88 bits per heavy atom. The molecule has 5 nitrogen and oxygen atoms in total. The number of aromatic amines is 1. The van der Waals surface area contributed by atoms with E-state index in [-0.39, 0.29) is 12.4 Å². The molecule has 0 aliphatic heterocycles. The van der Waals surface area contributed by atoms with Crippen LogP contribution in [0.4, 0.5) is 0 Å². The van der Waals surface area contributed by atoms with Gasteiger partial charge < -0.3 is 9.47 Å². The number of hydrogen-bond acceptors (Lipinski definition) is 4. The van der Waals surface area contributed by atoms with Crippen LogP contribution in [0.25, 0.3) is 11.3 Å². The van der Waals surface area contributed by atoms with Crippen LogP contribution in [0, 0.1) is 0 Å². The minimum Gasteiger partial charge on any atom is -0.497 e. The Kier molecular flexibility index (Phi) is 5.26. The number of ether oxygens (including phenoxy) is 2. The third-order valence-electron chi connectivity index (χ3n) is 3.52. The first-order valence-corrected chi connectivity index (χ1v) is 8.13. The van der Waals surface area contributed by atoms with Crippen LogP contribution in [0.5, 0.6) is 11.5 Å². The topological polar surface area (TPSA) is 64.2 Å². The lowest BCUT2D eigenvalue weighted by Crippen LogP contribution is -2.12. The second-order valence-electron chi connectivity index (χ2n) is 5.18. The van der Waals surface area contributed by atoms with Gasteiger partial charge in [0, 0.05) is 10.6 Å². The van der Waals surface area contributed by atoms with E-state index in [0.29, 0.717) is 27.2 Å². The number of carbonyl (C=O) groups excluding carboxylic acids is 1. The molecule has 0 saturated heterocycles. The molecule has 0 aliphatic carbocycles. The Bertz CT molecular complexity index is 892. The molecule has 0 fully saturated rings. The zero-order valence-electron chi connectivity index (χ0n) is 13.3. The Morgan fingerprint density at radius 3 is 2.56 bits per heavy atom. The van der Waals surface area contributed by atoms with Gasteiger partial charge in [-0.15, -0.1) is 0 Å². The van der Waals surface area contributed by atoms with Crippen LogP contribution in [0.1, 0.15) is 10.5 Å². The van der Waals surface area contributed by atoms with Gasteiger partial charge >= 0.3 is 0 Å². The van der Waals surface area contributed by atoms with Crippen LogP contribution < -0.4 is 9.47 Å². The van der Waals surface area contributed by atoms with E-state index in [4.69, 9.17) is 32.7 Å². The summed E-state index contributed by atoms with van der Waals surface area (Å²) in [6.07, 6.45) is 0. The van der Waals surface area contributed by atoms with Gasteiger partial charge in [0.05, 0.1) is 17.8 Å². The average molecular weight is 377 g/mol. The normalized spacial score (nSPS) is 10.5. The van der Waals surface area contributed by atoms with Crippen molar-refractivity contribution in [2.75, 3.05) is 13.7 Å². The van der Waals surface area contributed by atoms with Crippen LogP contribution in [-0.2, 0) is 0 Å². The molecule has 25 heavy (non-hydrogen) atoms. The fourth-order valence-corrected chi connectivity index (χ4v) is 2.65. The molecule has 0 unspecified atom stereocenters. The lowest BCUT2D eigenvalue weighted by atomic mass is 10.1. The van der Waals surface area contributed by atoms with Gasteiger partial charge in [0.1, 0.15) is 17.2 Å². The van der Waals surface area contributed by atoms with Gasteiger partial charge in [-0.3, -0.25) is 9.89 Å². The second kappa shape index (κ2) is 7.59. The van der Waals surface area contributed by atoms with Gasteiger partial charge in [-0.2, -0.15) is 5.10 Å². The summed E-state index contributed by atoms with van der Waals surface area (Å²) in [6.45, 7) is -0.161. The molecule has 0 radical (unpaired) electrons. The van der Waals surface area contributed by atoms with Crippen molar-refractivity contribution in [1.29, 1.82) is 0 Å². The zero-order chi connectivity index (χ0) is 17.8. The number of halogens is 2. The van der Waals surface area contributed by atoms with Crippen molar-refractivity contribution in [1.82, 2.24) is 10.2 Å². The molecule has 1 N–H and O–H groups in total. The van der Waals surface area contributed by atoms with Crippen molar-refractivity contribution in [3.8, 4) is 22.8 Å². The molecule has 0 aliphatic rings. The summed E-state index contributed by atoms with van der Waals surface area (Å²) in [5.74, 6) is 0.913. The minimum absolute atomic E-state index is 0.161. The maximum atomic E-state index is 12.3. The van der Waals surface area contributed by atoms with Crippen LogP contribution in [-0.4, -0.2) is 29.7 Å². The maximum absolute atomic E-state index is 12.3. The summed E-state index contributed by atoms with van der Waals surface area (Å²) in [5, 5.41) is 7.74. The van der Waals surface area contributed by atoms with Gasteiger partial charge in [-0.1, -0.05) is 23.2 Å². The van der Waals surface area contributed by atoms with Gasteiger partial charge in [0.2, 0.25) is 5.78 Å². The SMILES string of the molecule is COc1ccc(-c2cc(C(=O)COc3ccc(Cl)cc3Cl)[nH]n2)cc1. The Morgan fingerprint density at radius 1 is 1.12 bits per heavy atom. The molecular weight excluding hydrogens is 363 g/mol. The van der Waals surface area contributed by atoms with Crippen LogP contribution >= 0.6 is 23.2 Å². The summed E-state index contributed by atoms with van der Waals surface area (Å²) in [5.41, 5.74) is 1.89. The largest absolute Gasteiger partial charge is 0.497 e. The van der Waals surface area contributed by atoms with E-state index in [9.17, 15) is 4.79 Å². The first-order chi connectivity index (χ1) is 12.1. The average Bonchev–Trinajstić information content (AvgIpc) is 3.11. The van der Waals surface area contributed by atoms with E-state index in [2.05, 4.69) is 10.2 Å². The number of nitrogens with one attached hydrogen (secondary N) is 1. The predicted molar refractivity (Wildman–Crippen MR) is 96.9 cm³/mol. The van der Waals surface area contributed by atoms with Crippen molar-refractivity contribution in [3.05, 3.63) is 64.3 Å². The van der Waals surface area contributed by atoms with Crippen molar-refractivity contribution in [2.24, 2.45) is 0 Å². The van der Waals surface area contributed by atoms with E-state index in [1.54, 1.807) is 31.4 Å². The molecule has 3 aromatic rings. The highest BCUT2D eigenvalue weighted by Crippen LogP contribution is 2.27. The molecule has 2 aromatic carbocycles. The summed E-state index contributed by atoms with van der Waals surface area (Å²) in [4.78, 5) is 12.3. The monoisotopic (exact) mass is 376 g/mol. The van der Waals surface area contributed by atoms with E-state index in [0.717, 1.165) is 11.3 Å². The number of methoxy groups -OCH3 is 1. The summed E-state index contributed by atoms with van der Waals surface area (Å²) in [6, 6.07) is 13.9. The maximum Gasteiger partial charge on any atom is 0.217 e. The number of benzene rings is 2. The molecule has 0 bridgehead atoms. The Balaban J connectivity index is 1.67. The number of Topliss-reactive ketones (excluding diaryl/α,β-unsaturated/α-hetero) is 1. The number of rotatable bonds is 6. The summed E-state index contributed by atoms with van der Waals surface area (Å²) < 4.78 is 10.6. The fourth-order valence-electron chi connectivity index (χ4n) is 2.19. The quantitative estimate of drug-likeness (QED) is 0.635. The smallest absolute Gasteiger partial charge is 0.217 e. The van der Waals surface area contributed by atoms with Crippen molar-refractivity contribution in [3.63, 3.8) is 0 Å². The molecule has 1 aromatic heterocycles. The number of H-pyrrole nitrogens is 1. The summed E-state index contributed by atoms with van der Waals surface area (Å²) in [7, 11) is 1.60. The van der Waals surface area contributed by atoms with E-state index in [1.165, 1.54) is 0 Å². The van der Waals surface area contributed by atoms with Gasteiger partial charge in [-0.05, 0) is 48.5 Å². The number of nitrogens with zero attached hydrogens (tertiary/aromatic N) is 1. The molecule has 0 spiro atoms. The Hall–Kier alpha value is -2.50. The molecule has 3 rings (SSSR count). The third-order valence-corrected chi connectivity index (χ3v) is 4.05. The molecule has 0 amide bonds. The van der Waals surface area contributed by atoms with Gasteiger partial charge in [0.25, 0.3) is 0 Å². The highest BCUT2D eigenvalue weighted by atomic mass is 35.5. The number of aromatic nitrogens is 2. The first kappa shape index (κ1) is 17.3. The molecule has 128 valence electrons. The van der Waals surface area contributed by atoms with Gasteiger partial charge in [-0.25, -0.2) is 0 Å². The van der Waals surface area contributed by atoms with Gasteiger partial charge in [0.15, 0.2) is 6.61 Å². The highest BCUT2D eigenvalue weighted by Gasteiger charge is 2.13. The van der Waals surface area contributed by atoms with Crippen LogP contribution in [0.2, 0.25) is 10.0 Å². The first-order valence-electron chi connectivity index (χ1n) is 7.37. The lowest BCUT2D eigenvalue weighted by Gasteiger charge is -2.06. The third kappa shape index (κ3) is 4.13. The van der Waals surface area contributed by atoms with Crippen molar-refractivity contribution < 1.29 is 14.3 Å². The standard InChI is InChI=1S/C18H14Cl2N2O3/c1-24-13-5-2-11(3-6-13)15-9-16(22-21-15)17(23)10-25-18-7-4-12(19)8-14(18)20/h2-9H,10H2,1H3,(H,21,22). The van der Waals surface area contributed by atoms with E-state index >= 15 is 0 Å². The minimum atomic E-state index is -0.238. The predicted octanol–water partition coefficient (Wildman–Crippen LogP) is 4.65. The highest BCUT2D eigenvalue weighted by molar-refractivity contribution is 6.35. The van der Waals surface area contributed by atoms with E-state index in [1.807, 2.05) is 24.3 Å². The molecule has 0 saturated carbocycles. The van der Waals surface area contributed by atoms with Crippen molar-refractivity contribution >= 4 is 29.0 Å². The number of hydrogen-bond donors (Lipinski definition) is 1. The number of ketones is 1. The van der Waals surface area contributed by atoms with E-state index < -0.39 is 0 Å². The molecular formula is C18H14Cl2N2O3.